The van der Waals surface area contributed by atoms with E-state index in [9.17, 15) is 19.5 Å². The van der Waals surface area contributed by atoms with E-state index in [1.54, 1.807) is 4.90 Å². The Kier molecular flexibility index (Phi) is 4.75. The fourth-order valence-corrected chi connectivity index (χ4v) is 3.06. The second-order valence-corrected chi connectivity index (χ2v) is 6.55. The van der Waals surface area contributed by atoms with Crippen LogP contribution in [-0.2, 0) is 9.59 Å². The minimum atomic E-state index is -1.27. The minimum Gasteiger partial charge on any atom is -0.545 e. The molecule has 0 radical (unpaired) electrons. The molecule has 3 rings (SSSR count). The molecule has 2 aromatic carbocycles. The van der Waals surface area contributed by atoms with Crippen LogP contribution in [0.5, 0.6) is 0 Å². The zero-order valence-electron chi connectivity index (χ0n) is 14.6. The highest BCUT2D eigenvalue weighted by Gasteiger charge is 2.35. The van der Waals surface area contributed by atoms with Crippen molar-refractivity contribution in [3.8, 4) is 0 Å². The molecule has 0 saturated carbocycles. The van der Waals surface area contributed by atoms with Crippen LogP contribution in [0.1, 0.15) is 27.9 Å². The second-order valence-electron chi connectivity index (χ2n) is 6.55. The van der Waals surface area contributed by atoms with E-state index >= 15 is 0 Å². The number of carbonyl (C=O) groups is 3. The standard InChI is InChI=1S/C20H20N2O4/c1-12-3-4-13(2)17(9-12)22-11-15(10-18(22)23)19(24)21-16-7-5-14(6-8-16)20(25)26/h3-9,15H,10-11H2,1-2H3,(H,21,24)(H,25,26)/p-1/t15-/m0/s1. The predicted molar refractivity (Wildman–Crippen MR) is 95.8 cm³/mol. The Morgan fingerprint density at radius 3 is 2.46 bits per heavy atom. The molecule has 0 bridgehead atoms. The Hall–Kier alpha value is -3.15. The van der Waals surface area contributed by atoms with Crippen molar-refractivity contribution in [2.75, 3.05) is 16.8 Å². The van der Waals surface area contributed by atoms with Gasteiger partial charge in [0.25, 0.3) is 0 Å². The van der Waals surface area contributed by atoms with E-state index in [2.05, 4.69) is 5.32 Å². The maximum absolute atomic E-state index is 12.5. The van der Waals surface area contributed by atoms with Crippen molar-refractivity contribution in [2.45, 2.75) is 20.3 Å². The van der Waals surface area contributed by atoms with Crippen molar-refractivity contribution in [2.24, 2.45) is 5.92 Å². The highest BCUT2D eigenvalue weighted by Crippen LogP contribution is 2.29. The highest BCUT2D eigenvalue weighted by molar-refractivity contribution is 6.04. The Morgan fingerprint density at radius 2 is 1.81 bits per heavy atom. The third-order valence-corrected chi connectivity index (χ3v) is 4.54. The molecule has 0 unspecified atom stereocenters. The topological polar surface area (TPSA) is 89.5 Å². The van der Waals surface area contributed by atoms with Gasteiger partial charge in [-0.1, -0.05) is 24.3 Å². The number of anilines is 2. The lowest BCUT2D eigenvalue weighted by Crippen LogP contribution is -2.28. The normalized spacial score (nSPS) is 16.6. The third kappa shape index (κ3) is 3.59. The van der Waals surface area contributed by atoms with E-state index in [4.69, 9.17) is 0 Å². The van der Waals surface area contributed by atoms with Crippen LogP contribution >= 0.6 is 0 Å². The van der Waals surface area contributed by atoms with Gasteiger partial charge in [0.05, 0.1) is 11.9 Å². The molecule has 0 aliphatic carbocycles. The van der Waals surface area contributed by atoms with Gasteiger partial charge in [-0.25, -0.2) is 0 Å². The first kappa shape index (κ1) is 17.7. The number of nitrogens with zero attached hydrogens (tertiary/aromatic N) is 1. The first-order chi connectivity index (χ1) is 12.3. The van der Waals surface area contributed by atoms with E-state index in [1.807, 2.05) is 32.0 Å². The summed E-state index contributed by atoms with van der Waals surface area (Å²) in [5.74, 6) is -2.06. The average Bonchev–Trinajstić information content (AvgIpc) is 2.99. The highest BCUT2D eigenvalue weighted by atomic mass is 16.4. The van der Waals surface area contributed by atoms with Crippen molar-refractivity contribution >= 4 is 29.2 Å². The Morgan fingerprint density at radius 1 is 1.12 bits per heavy atom. The van der Waals surface area contributed by atoms with Crippen molar-refractivity contribution in [3.63, 3.8) is 0 Å². The number of carbonyl (C=O) groups excluding carboxylic acids is 3. The molecule has 0 spiro atoms. The molecular weight excluding hydrogens is 332 g/mol. The molecule has 1 saturated heterocycles. The van der Waals surface area contributed by atoms with Gasteiger partial charge in [-0.05, 0) is 48.7 Å². The van der Waals surface area contributed by atoms with Gasteiger partial charge in [0.2, 0.25) is 11.8 Å². The predicted octanol–water partition coefficient (Wildman–Crippen LogP) is 1.66. The smallest absolute Gasteiger partial charge is 0.229 e. The zero-order valence-corrected chi connectivity index (χ0v) is 14.6. The van der Waals surface area contributed by atoms with Crippen molar-refractivity contribution in [1.82, 2.24) is 0 Å². The lowest BCUT2D eigenvalue weighted by atomic mass is 10.1. The number of amides is 2. The summed E-state index contributed by atoms with van der Waals surface area (Å²) in [7, 11) is 0. The number of carboxylic acids is 1. The summed E-state index contributed by atoms with van der Waals surface area (Å²) in [6.07, 6.45) is 0.149. The number of nitrogens with one attached hydrogen (secondary N) is 1. The quantitative estimate of drug-likeness (QED) is 0.907. The van der Waals surface area contributed by atoms with Gasteiger partial charge >= 0.3 is 0 Å². The van der Waals surface area contributed by atoms with E-state index in [0.717, 1.165) is 16.8 Å². The monoisotopic (exact) mass is 351 g/mol. The molecule has 2 aromatic rings. The van der Waals surface area contributed by atoms with Gasteiger partial charge in [-0.2, -0.15) is 0 Å². The molecule has 1 heterocycles. The van der Waals surface area contributed by atoms with Crippen molar-refractivity contribution in [1.29, 1.82) is 0 Å². The summed E-state index contributed by atoms with van der Waals surface area (Å²) < 4.78 is 0. The molecule has 1 N–H and O–H groups in total. The van der Waals surface area contributed by atoms with Crippen molar-refractivity contribution < 1.29 is 19.5 Å². The van der Waals surface area contributed by atoms with Gasteiger partial charge in [-0.3, -0.25) is 9.59 Å². The fraction of sp³-hybridized carbons (Fsp3) is 0.250. The van der Waals surface area contributed by atoms with Crippen LogP contribution in [0, 0.1) is 19.8 Å². The fourth-order valence-electron chi connectivity index (χ4n) is 3.06. The second kappa shape index (κ2) is 7.00. The van der Waals surface area contributed by atoms with E-state index in [0.29, 0.717) is 12.2 Å². The number of rotatable bonds is 4. The molecule has 6 nitrogen and oxygen atoms in total. The summed E-state index contributed by atoms with van der Waals surface area (Å²) in [4.78, 5) is 37.3. The molecule has 1 aliphatic heterocycles. The van der Waals surface area contributed by atoms with Crippen LogP contribution in [0.4, 0.5) is 11.4 Å². The maximum atomic E-state index is 12.5. The molecule has 0 aromatic heterocycles. The molecule has 1 atom stereocenters. The molecule has 1 aliphatic rings. The van der Waals surface area contributed by atoms with Crippen LogP contribution in [0.25, 0.3) is 0 Å². The largest absolute Gasteiger partial charge is 0.545 e. The Balaban J connectivity index is 1.70. The first-order valence-electron chi connectivity index (χ1n) is 8.35. The van der Waals surface area contributed by atoms with Crippen LogP contribution < -0.4 is 15.3 Å². The van der Waals surface area contributed by atoms with Crippen LogP contribution in [0.15, 0.2) is 42.5 Å². The maximum Gasteiger partial charge on any atom is 0.229 e. The summed E-state index contributed by atoms with van der Waals surface area (Å²) in [6, 6.07) is 11.6. The van der Waals surface area contributed by atoms with Gasteiger partial charge in [-0.15, -0.1) is 0 Å². The minimum absolute atomic E-state index is 0.0418. The Bertz CT molecular complexity index is 874. The number of benzene rings is 2. The van der Waals surface area contributed by atoms with E-state index in [1.165, 1.54) is 24.3 Å². The van der Waals surface area contributed by atoms with E-state index < -0.39 is 11.9 Å². The Labute approximate surface area is 151 Å². The van der Waals surface area contributed by atoms with Crippen LogP contribution in [0.3, 0.4) is 0 Å². The molecule has 134 valence electrons. The van der Waals surface area contributed by atoms with Gasteiger partial charge in [0, 0.05) is 24.3 Å². The number of aryl methyl sites for hydroxylation is 2. The van der Waals surface area contributed by atoms with Gasteiger partial charge < -0.3 is 20.1 Å². The molecule has 6 heteroatoms. The number of hydrogen-bond acceptors (Lipinski definition) is 4. The van der Waals surface area contributed by atoms with E-state index in [-0.39, 0.29) is 23.8 Å². The lowest BCUT2D eigenvalue weighted by molar-refractivity contribution is -0.255. The zero-order chi connectivity index (χ0) is 18.8. The SMILES string of the molecule is Cc1ccc(C)c(N2C[C@@H](C(=O)Nc3ccc(C(=O)[O-])cc3)CC2=O)c1. The molecule has 26 heavy (non-hydrogen) atoms. The summed E-state index contributed by atoms with van der Waals surface area (Å²) in [5, 5.41) is 13.5. The van der Waals surface area contributed by atoms with Crippen molar-refractivity contribution in [3.05, 3.63) is 59.2 Å². The lowest BCUT2D eigenvalue weighted by Gasteiger charge is -2.19. The molecule has 2 amide bonds. The number of carboxylic acid groups (broad SMARTS) is 1. The molecular formula is C20H19N2O4-. The number of aromatic carboxylic acids is 1. The number of hydrogen-bond donors (Lipinski definition) is 1. The molecule has 1 fully saturated rings. The first-order valence-corrected chi connectivity index (χ1v) is 8.35. The summed E-state index contributed by atoms with van der Waals surface area (Å²) in [6.45, 7) is 4.23. The third-order valence-electron chi connectivity index (χ3n) is 4.54. The van der Waals surface area contributed by atoms with Gasteiger partial charge in [0.1, 0.15) is 0 Å². The van der Waals surface area contributed by atoms with Gasteiger partial charge in [0.15, 0.2) is 0 Å². The average molecular weight is 351 g/mol. The van der Waals surface area contributed by atoms with Crippen LogP contribution in [-0.4, -0.2) is 24.3 Å². The summed E-state index contributed by atoms with van der Waals surface area (Å²) >= 11 is 0. The summed E-state index contributed by atoms with van der Waals surface area (Å²) in [5.41, 5.74) is 3.41. The van der Waals surface area contributed by atoms with Crippen LogP contribution in [0.2, 0.25) is 0 Å².